The number of hydrogen-bond donors (Lipinski definition) is 1. The molecule has 1 unspecified atom stereocenters. The number of benzene rings is 2. The molecule has 1 fully saturated rings. The van der Waals surface area contributed by atoms with Crippen molar-refractivity contribution in [3.05, 3.63) is 77.4 Å². The number of piperazine rings is 1. The summed E-state index contributed by atoms with van der Waals surface area (Å²) in [6.45, 7) is 4.36. The molecule has 2 aliphatic rings. The van der Waals surface area contributed by atoms with E-state index in [9.17, 15) is 9.18 Å². The van der Waals surface area contributed by atoms with Crippen LogP contribution in [0, 0.1) is 5.82 Å². The molecule has 1 N–H and O–H groups in total. The summed E-state index contributed by atoms with van der Waals surface area (Å²) in [5, 5.41) is 7.86. The predicted molar refractivity (Wildman–Crippen MR) is 131 cm³/mol. The maximum Gasteiger partial charge on any atom is 0.254 e. The zero-order valence-electron chi connectivity index (χ0n) is 20.0. The number of rotatable bonds is 5. The van der Waals surface area contributed by atoms with Crippen molar-refractivity contribution in [1.29, 1.82) is 0 Å². The Hall–Kier alpha value is -4.01. The maximum absolute atomic E-state index is 14.0. The number of nitrogens with one attached hydrogen (secondary N) is 1. The number of ether oxygens (including phenoxy) is 2. The van der Waals surface area contributed by atoms with Gasteiger partial charge in [-0.05, 0) is 37.3 Å². The molecule has 0 radical (unpaired) electrons. The fraction of sp³-hybridized carbons (Fsp3) is 0.308. The second-order valence-corrected chi connectivity index (χ2v) is 8.57. The molecule has 0 aliphatic carbocycles. The van der Waals surface area contributed by atoms with E-state index in [1.807, 2.05) is 40.8 Å². The van der Waals surface area contributed by atoms with Crippen molar-refractivity contribution in [2.24, 2.45) is 0 Å². The van der Waals surface area contributed by atoms with Gasteiger partial charge in [-0.2, -0.15) is 5.10 Å². The molecule has 2 aromatic carbocycles. The Kier molecular flexibility index (Phi) is 6.07. The highest BCUT2D eigenvalue weighted by atomic mass is 19.1. The van der Waals surface area contributed by atoms with Gasteiger partial charge in [0.15, 0.2) is 11.5 Å². The van der Waals surface area contributed by atoms with E-state index >= 15 is 0 Å². The summed E-state index contributed by atoms with van der Waals surface area (Å²) in [5.41, 5.74) is 3.14. The van der Waals surface area contributed by atoms with Crippen molar-refractivity contribution >= 4 is 17.4 Å². The average molecular weight is 478 g/mol. The maximum atomic E-state index is 14.0. The van der Waals surface area contributed by atoms with Crippen molar-refractivity contribution in [3.8, 4) is 11.5 Å². The summed E-state index contributed by atoms with van der Waals surface area (Å²) in [4.78, 5) is 18.0. The van der Waals surface area contributed by atoms with Crippen molar-refractivity contribution in [3.63, 3.8) is 0 Å². The zero-order valence-corrected chi connectivity index (χ0v) is 20.0. The zero-order chi connectivity index (χ0) is 24.5. The van der Waals surface area contributed by atoms with Gasteiger partial charge in [-0.15, -0.1) is 0 Å². The molecule has 2 aliphatic heterocycles. The van der Waals surface area contributed by atoms with E-state index in [-0.39, 0.29) is 11.7 Å². The van der Waals surface area contributed by atoms with Crippen LogP contribution in [0.15, 0.2) is 66.0 Å². The first-order chi connectivity index (χ1) is 17.0. The molecule has 0 spiro atoms. The molecule has 3 heterocycles. The summed E-state index contributed by atoms with van der Waals surface area (Å²) >= 11 is 0. The normalized spacial score (nSPS) is 17.7. The SMILES string of the molecule is COc1cccc(C2C(C(=O)N3CCN(c4ccc(F)cc4)CC3)=C(C)Nc3ccnn32)c1OC. The third kappa shape index (κ3) is 4.07. The molecule has 1 saturated heterocycles. The van der Waals surface area contributed by atoms with E-state index in [1.54, 1.807) is 32.5 Å². The number of hydrogen-bond acceptors (Lipinski definition) is 6. The van der Waals surface area contributed by atoms with Gasteiger partial charge in [0.2, 0.25) is 0 Å². The number of carbonyl (C=O) groups excluding carboxylic acids is 1. The van der Waals surface area contributed by atoms with Gasteiger partial charge in [0.25, 0.3) is 5.91 Å². The van der Waals surface area contributed by atoms with Crippen LogP contribution in [-0.2, 0) is 4.79 Å². The number of halogens is 1. The first kappa shape index (κ1) is 22.8. The van der Waals surface area contributed by atoms with Crippen LogP contribution in [0.25, 0.3) is 0 Å². The van der Waals surface area contributed by atoms with Crippen LogP contribution in [0.2, 0.25) is 0 Å². The summed E-state index contributed by atoms with van der Waals surface area (Å²) in [7, 11) is 3.19. The van der Waals surface area contributed by atoms with Crippen molar-refractivity contribution in [1.82, 2.24) is 14.7 Å². The summed E-state index contributed by atoms with van der Waals surface area (Å²) in [5.74, 6) is 1.66. The molecule has 182 valence electrons. The lowest BCUT2D eigenvalue weighted by molar-refractivity contribution is -0.128. The van der Waals surface area contributed by atoms with Gasteiger partial charge in [-0.1, -0.05) is 12.1 Å². The summed E-state index contributed by atoms with van der Waals surface area (Å²) in [6, 6.07) is 13.5. The standard InChI is InChI=1S/C26H28FN5O3/c1-17-23(26(33)31-15-13-30(14-16-31)19-9-7-18(27)8-10-19)24(32-22(29-17)11-12-28-32)20-5-4-6-21(34-2)25(20)35-3/h4-12,24,29H,13-16H2,1-3H3. The first-order valence-corrected chi connectivity index (χ1v) is 11.5. The minimum atomic E-state index is -0.478. The largest absolute Gasteiger partial charge is 0.493 e. The molecule has 1 amide bonds. The van der Waals surface area contributed by atoms with E-state index in [2.05, 4.69) is 15.3 Å². The molecular weight excluding hydrogens is 449 g/mol. The highest BCUT2D eigenvalue weighted by molar-refractivity contribution is 5.97. The number of nitrogens with zero attached hydrogens (tertiary/aromatic N) is 4. The van der Waals surface area contributed by atoms with Gasteiger partial charge in [-0.25, -0.2) is 9.07 Å². The Morgan fingerprint density at radius 2 is 1.77 bits per heavy atom. The topological polar surface area (TPSA) is 71.9 Å². The molecule has 5 rings (SSSR count). The molecule has 3 aromatic rings. The fourth-order valence-corrected chi connectivity index (χ4v) is 4.89. The Morgan fingerprint density at radius 3 is 2.46 bits per heavy atom. The number of amides is 1. The second kappa shape index (κ2) is 9.32. The second-order valence-electron chi connectivity index (χ2n) is 8.57. The third-order valence-electron chi connectivity index (χ3n) is 6.62. The van der Waals surface area contributed by atoms with Gasteiger partial charge >= 0.3 is 0 Å². The Bertz CT molecular complexity index is 1260. The minimum Gasteiger partial charge on any atom is -0.493 e. The molecule has 1 aromatic heterocycles. The van der Waals surface area contributed by atoms with Crippen molar-refractivity contribution in [2.75, 3.05) is 50.6 Å². The third-order valence-corrected chi connectivity index (χ3v) is 6.62. The van der Waals surface area contributed by atoms with E-state index in [1.165, 1.54) is 12.1 Å². The van der Waals surface area contributed by atoms with Gasteiger partial charge in [0, 0.05) is 49.2 Å². The number of para-hydroxylation sites is 1. The average Bonchev–Trinajstić information content (AvgIpc) is 3.35. The molecule has 0 bridgehead atoms. The summed E-state index contributed by atoms with van der Waals surface area (Å²) < 4.78 is 26.4. The number of aromatic nitrogens is 2. The lowest BCUT2D eigenvalue weighted by Crippen LogP contribution is -2.50. The van der Waals surface area contributed by atoms with E-state index in [0.717, 1.165) is 22.8 Å². The van der Waals surface area contributed by atoms with Gasteiger partial charge in [0.1, 0.15) is 17.7 Å². The molecule has 0 saturated carbocycles. The fourth-order valence-electron chi connectivity index (χ4n) is 4.89. The minimum absolute atomic E-state index is 0.0511. The van der Waals surface area contributed by atoms with E-state index in [0.29, 0.717) is 43.3 Å². The Labute approximate surface area is 203 Å². The van der Waals surface area contributed by atoms with Crippen LogP contribution < -0.4 is 19.7 Å². The summed E-state index contributed by atoms with van der Waals surface area (Å²) in [6.07, 6.45) is 1.71. The Balaban J connectivity index is 1.46. The predicted octanol–water partition coefficient (Wildman–Crippen LogP) is 3.68. The van der Waals surface area contributed by atoms with Gasteiger partial charge in [-0.3, -0.25) is 4.79 Å². The number of carbonyl (C=O) groups is 1. The van der Waals surface area contributed by atoms with Crippen LogP contribution in [0.3, 0.4) is 0 Å². The van der Waals surface area contributed by atoms with Crippen molar-refractivity contribution in [2.45, 2.75) is 13.0 Å². The smallest absolute Gasteiger partial charge is 0.254 e. The van der Waals surface area contributed by atoms with E-state index in [4.69, 9.17) is 9.47 Å². The lowest BCUT2D eigenvalue weighted by Gasteiger charge is -2.38. The van der Waals surface area contributed by atoms with Gasteiger partial charge < -0.3 is 24.6 Å². The highest BCUT2D eigenvalue weighted by Gasteiger charge is 2.37. The molecule has 35 heavy (non-hydrogen) atoms. The van der Waals surface area contributed by atoms with E-state index < -0.39 is 6.04 Å². The highest BCUT2D eigenvalue weighted by Crippen LogP contribution is 2.43. The van der Waals surface area contributed by atoms with Crippen LogP contribution in [0.4, 0.5) is 15.9 Å². The molecular formula is C26H28FN5O3. The monoisotopic (exact) mass is 477 g/mol. The van der Waals surface area contributed by atoms with Crippen LogP contribution in [0.5, 0.6) is 11.5 Å². The molecule has 9 heteroatoms. The van der Waals surface area contributed by atoms with Crippen molar-refractivity contribution < 1.29 is 18.7 Å². The number of allylic oxidation sites excluding steroid dienone is 1. The van der Waals surface area contributed by atoms with Crippen LogP contribution >= 0.6 is 0 Å². The van der Waals surface area contributed by atoms with Crippen LogP contribution in [-0.4, -0.2) is 61.0 Å². The lowest BCUT2D eigenvalue weighted by atomic mass is 9.93. The number of anilines is 2. The Morgan fingerprint density at radius 1 is 1.03 bits per heavy atom. The van der Waals surface area contributed by atoms with Gasteiger partial charge in [0.05, 0.1) is 26.0 Å². The van der Waals surface area contributed by atoms with Crippen LogP contribution in [0.1, 0.15) is 18.5 Å². The number of fused-ring (bicyclic) bond motifs is 1. The quantitative estimate of drug-likeness (QED) is 0.605. The first-order valence-electron chi connectivity index (χ1n) is 11.5. The molecule has 1 atom stereocenters. The number of methoxy groups -OCH3 is 2. The molecule has 8 nitrogen and oxygen atoms in total.